The van der Waals surface area contributed by atoms with Gasteiger partial charge in [0.25, 0.3) is 0 Å². The molecule has 0 aliphatic rings. The highest BCUT2D eigenvalue weighted by atomic mass is 16.4. The van der Waals surface area contributed by atoms with Gasteiger partial charge < -0.3 is 15.7 Å². The molecule has 1 aromatic heterocycles. The van der Waals surface area contributed by atoms with Crippen molar-refractivity contribution in [3.05, 3.63) is 12.4 Å². The van der Waals surface area contributed by atoms with Crippen LogP contribution in [0.5, 0.6) is 0 Å². The molecule has 1 rings (SSSR count). The van der Waals surface area contributed by atoms with Crippen LogP contribution >= 0.6 is 0 Å². The van der Waals surface area contributed by atoms with Crippen molar-refractivity contribution < 1.29 is 14.7 Å². The van der Waals surface area contributed by atoms with E-state index in [1.54, 1.807) is 17.9 Å². The molecule has 0 spiro atoms. The molecule has 0 bridgehead atoms. The summed E-state index contributed by atoms with van der Waals surface area (Å²) < 4.78 is 1.56. The van der Waals surface area contributed by atoms with Gasteiger partial charge in [-0.1, -0.05) is 6.92 Å². The molecule has 1 atom stereocenters. The van der Waals surface area contributed by atoms with Gasteiger partial charge in [0, 0.05) is 19.3 Å². The Morgan fingerprint density at radius 2 is 2.29 bits per heavy atom. The number of urea groups is 1. The second-order valence-electron chi connectivity index (χ2n) is 3.70. The van der Waals surface area contributed by atoms with E-state index in [1.807, 2.05) is 6.92 Å². The Hall–Kier alpha value is -2.05. The molecule has 1 unspecified atom stereocenters. The monoisotopic (exact) mass is 240 g/mol. The third kappa shape index (κ3) is 4.54. The van der Waals surface area contributed by atoms with Gasteiger partial charge >= 0.3 is 12.0 Å². The first-order valence-corrected chi connectivity index (χ1v) is 5.29. The summed E-state index contributed by atoms with van der Waals surface area (Å²) in [5.41, 5.74) is 0.565. The molecule has 0 saturated heterocycles. The molecule has 0 fully saturated rings. The number of anilines is 1. The number of aliphatic carboxylic acids is 1. The second kappa shape index (κ2) is 5.88. The van der Waals surface area contributed by atoms with Gasteiger partial charge in [-0.2, -0.15) is 5.10 Å². The summed E-state index contributed by atoms with van der Waals surface area (Å²) in [5, 5.41) is 17.7. The summed E-state index contributed by atoms with van der Waals surface area (Å²) in [5.74, 6) is -0.932. The molecule has 7 nitrogen and oxygen atoms in total. The lowest BCUT2D eigenvalue weighted by atomic mass is 10.1. The number of carbonyl (C=O) groups is 2. The highest BCUT2D eigenvalue weighted by Gasteiger charge is 2.14. The Labute approximate surface area is 98.8 Å². The number of nitrogens with one attached hydrogen (secondary N) is 2. The fourth-order valence-electron chi connectivity index (χ4n) is 1.35. The Morgan fingerprint density at radius 1 is 1.59 bits per heavy atom. The molecule has 0 aliphatic heterocycles. The first-order valence-electron chi connectivity index (χ1n) is 5.29. The minimum atomic E-state index is -0.932. The Balaban J connectivity index is 2.45. The summed E-state index contributed by atoms with van der Waals surface area (Å²) in [6.45, 7) is 1.82. The summed E-state index contributed by atoms with van der Waals surface area (Å²) in [6, 6.07) is -0.796. The average molecular weight is 240 g/mol. The van der Waals surface area contributed by atoms with Gasteiger partial charge in [0.15, 0.2) is 0 Å². The SMILES string of the molecule is CCC(CC(=O)O)NC(=O)Nc1cnn(C)c1. The number of aromatic nitrogens is 2. The van der Waals surface area contributed by atoms with Gasteiger partial charge in [-0.25, -0.2) is 4.79 Å². The van der Waals surface area contributed by atoms with Crippen molar-refractivity contribution in [3.8, 4) is 0 Å². The van der Waals surface area contributed by atoms with E-state index in [4.69, 9.17) is 5.11 Å². The van der Waals surface area contributed by atoms with Crippen LogP contribution in [0.1, 0.15) is 19.8 Å². The van der Waals surface area contributed by atoms with Crippen LogP contribution in [0.25, 0.3) is 0 Å². The van der Waals surface area contributed by atoms with Gasteiger partial charge in [-0.3, -0.25) is 9.48 Å². The largest absolute Gasteiger partial charge is 0.481 e. The lowest BCUT2D eigenvalue weighted by Gasteiger charge is -2.14. The van der Waals surface area contributed by atoms with E-state index in [9.17, 15) is 9.59 Å². The quantitative estimate of drug-likeness (QED) is 0.709. The molecule has 0 aromatic carbocycles. The van der Waals surface area contributed by atoms with Crippen LogP contribution < -0.4 is 10.6 Å². The van der Waals surface area contributed by atoms with Crippen LogP contribution in [0, 0.1) is 0 Å². The number of amides is 2. The summed E-state index contributed by atoms with van der Waals surface area (Å²) in [7, 11) is 1.74. The third-order valence-electron chi connectivity index (χ3n) is 2.21. The molecule has 94 valence electrons. The summed E-state index contributed by atoms with van der Waals surface area (Å²) in [4.78, 5) is 22.0. The van der Waals surface area contributed by atoms with Crippen LogP contribution in [-0.4, -0.2) is 32.9 Å². The third-order valence-corrected chi connectivity index (χ3v) is 2.21. The van der Waals surface area contributed by atoms with E-state index < -0.39 is 12.0 Å². The van der Waals surface area contributed by atoms with Crippen molar-refractivity contribution in [2.75, 3.05) is 5.32 Å². The number of carbonyl (C=O) groups excluding carboxylic acids is 1. The van der Waals surface area contributed by atoms with Crippen molar-refractivity contribution in [2.45, 2.75) is 25.8 Å². The zero-order chi connectivity index (χ0) is 12.8. The Kier molecular flexibility index (Phi) is 4.50. The minimum Gasteiger partial charge on any atom is -0.481 e. The number of hydrogen-bond acceptors (Lipinski definition) is 3. The normalized spacial score (nSPS) is 11.9. The van der Waals surface area contributed by atoms with Crippen LogP contribution in [0.15, 0.2) is 12.4 Å². The van der Waals surface area contributed by atoms with E-state index in [-0.39, 0.29) is 12.5 Å². The van der Waals surface area contributed by atoms with E-state index in [0.717, 1.165) is 0 Å². The van der Waals surface area contributed by atoms with Crippen molar-refractivity contribution in [1.29, 1.82) is 0 Å². The molecule has 17 heavy (non-hydrogen) atoms. The first-order chi connectivity index (χ1) is 8.01. The summed E-state index contributed by atoms with van der Waals surface area (Å²) >= 11 is 0. The van der Waals surface area contributed by atoms with Crippen molar-refractivity contribution in [2.24, 2.45) is 7.05 Å². The molecule has 0 aliphatic carbocycles. The zero-order valence-corrected chi connectivity index (χ0v) is 9.80. The molecule has 1 heterocycles. The van der Waals surface area contributed by atoms with Gasteiger partial charge in [0.1, 0.15) is 0 Å². The maximum atomic E-state index is 11.5. The number of nitrogens with zero attached hydrogens (tertiary/aromatic N) is 2. The number of aryl methyl sites for hydroxylation is 1. The fourth-order valence-corrected chi connectivity index (χ4v) is 1.35. The minimum absolute atomic E-state index is 0.0863. The molecular weight excluding hydrogens is 224 g/mol. The van der Waals surface area contributed by atoms with Crippen LogP contribution in [0.4, 0.5) is 10.5 Å². The molecule has 0 radical (unpaired) electrons. The highest BCUT2D eigenvalue weighted by molar-refractivity contribution is 5.89. The summed E-state index contributed by atoms with van der Waals surface area (Å²) in [6.07, 6.45) is 3.64. The molecule has 7 heteroatoms. The molecule has 3 N–H and O–H groups in total. The maximum absolute atomic E-state index is 11.5. The number of carboxylic acids is 1. The van der Waals surface area contributed by atoms with Crippen molar-refractivity contribution in [1.82, 2.24) is 15.1 Å². The number of hydrogen-bond donors (Lipinski definition) is 3. The zero-order valence-electron chi connectivity index (χ0n) is 9.80. The van der Waals surface area contributed by atoms with Crippen LogP contribution in [0.2, 0.25) is 0 Å². The van der Waals surface area contributed by atoms with E-state index in [1.165, 1.54) is 6.20 Å². The van der Waals surface area contributed by atoms with Gasteiger partial charge in [0.2, 0.25) is 0 Å². The van der Waals surface area contributed by atoms with Gasteiger partial charge in [-0.15, -0.1) is 0 Å². The molecule has 0 saturated carbocycles. The predicted octanol–water partition coefficient (Wildman–Crippen LogP) is 0.795. The highest BCUT2D eigenvalue weighted by Crippen LogP contribution is 2.04. The van der Waals surface area contributed by atoms with E-state index in [0.29, 0.717) is 12.1 Å². The van der Waals surface area contributed by atoms with Crippen LogP contribution in [0.3, 0.4) is 0 Å². The predicted molar refractivity (Wildman–Crippen MR) is 61.7 cm³/mol. The fraction of sp³-hybridized carbons (Fsp3) is 0.500. The van der Waals surface area contributed by atoms with Gasteiger partial charge in [-0.05, 0) is 6.42 Å². The number of rotatable bonds is 5. The first kappa shape index (κ1) is 13.0. The van der Waals surface area contributed by atoms with Crippen molar-refractivity contribution >= 4 is 17.7 Å². The Bertz CT molecular complexity index is 402. The van der Waals surface area contributed by atoms with Gasteiger partial charge in [0.05, 0.1) is 18.3 Å². The van der Waals surface area contributed by atoms with E-state index >= 15 is 0 Å². The molecule has 1 aromatic rings. The topological polar surface area (TPSA) is 96.2 Å². The van der Waals surface area contributed by atoms with E-state index in [2.05, 4.69) is 15.7 Å². The standard InChI is InChI=1S/C10H16N4O3/c1-3-7(4-9(15)16)12-10(17)13-8-5-11-14(2)6-8/h5-7H,3-4H2,1-2H3,(H,15,16)(H2,12,13,17). The lowest BCUT2D eigenvalue weighted by molar-refractivity contribution is -0.137. The molecular formula is C10H16N4O3. The van der Waals surface area contributed by atoms with Crippen molar-refractivity contribution in [3.63, 3.8) is 0 Å². The smallest absolute Gasteiger partial charge is 0.319 e. The maximum Gasteiger partial charge on any atom is 0.319 e. The molecule has 2 amide bonds. The lowest BCUT2D eigenvalue weighted by Crippen LogP contribution is -2.38. The Morgan fingerprint density at radius 3 is 2.76 bits per heavy atom. The number of carboxylic acid groups (broad SMARTS) is 1. The second-order valence-corrected chi connectivity index (χ2v) is 3.70. The van der Waals surface area contributed by atoms with Crippen LogP contribution in [-0.2, 0) is 11.8 Å². The average Bonchev–Trinajstić information content (AvgIpc) is 2.62.